The number of hydrogen-bond acceptors (Lipinski definition) is 5. The molecule has 2 aromatic heterocycles. The monoisotopic (exact) mass is 290 g/mol. The van der Waals surface area contributed by atoms with Crippen LogP contribution in [0.4, 0.5) is 5.13 Å². The molecule has 2 aromatic rings. The first-order valence-electron chi connectivity index (χ1n) is 6.18. The fourth-order valence-electron chi connectivity index (χ4n) is 1.58. The van der Waals surface area contributed by atoms with Gasteiger partial charge in [0.25, 0.3) is 5.91 Å². The van der Waals surface area contributed by atoms with E-state index in [1.807, 2.05) is 6.92 Å². The number of amides is 1. The number of nitrogens with one attached hydrogen (secondary N) is 1. The Morgan fingerprint density at radius 1 is 1.60 bits per heavy atom. The lowest BCUT2D eigenvalue weighted by atomic mass is 10.2. The van der Waals surface area contributed by atoms with E-state index in [4.69, 9.17) is 9.52 Å². The van der Waals surface area contributed by atoms with E-state index in [0.717, 1.165) is 4.88 Å². The minimum absolute atomic E-state index is 0.0374. The van der Waals surface area contributed by atoms with Crippen LogP contribution in [0.25, 0.3) is 0 Å². The summed E-state index contributed by atoms with van der Waals surface area (Å²) in [7, 11) is 0. The molecular formula is C14H14N2O3S. The van der Waals surface area contributed by atoms with Crippen LogP contribution in [0.1, 0.15) is 34.3 Å². The summed E-state index contributed by atoms with van der Waals surface area (Å²) in [5, 5.41) is 11.9. The van der Waals surface area contributed by atoms with Gasteiger partial charge in [0.1, 0.15) is 5.76 Å². The van der Waals surface area contributed by atoms with Crippen molar-refractivity contribution < 1.29 is 14.3 Å². The van der Waals surface area contributed by atoms with Crippen molar-refractivity contribution in [2.75, 3.05) is 11.9 Å². The maximum Gasteiger partial charge on any atom is 0.260 e. The quantitative estimate of drug-likeness (QED) is 0.847. The van der Waals surface area contributed by atoms with E-state index >= 15 is 0 Å². The van der Waals surface area contributed by atoms with Gasteiger partial charge in [-0.15, -0.1) is 0 Å². The number of carbonyl (C=O) groups excluding carboxylic acids is 1. The number of aliphatic hydroxyl groups excluding tert-OH is 1. The van der Waals surface area contributed by atoms with Crippen LogP contribution in [0.3, 0.4) is 0 Å². The van der Waals surface area contributed by atoms with Crippen LogP contribution in [-0.4, -0.2) is 22.6 Å². The van der Waals surface area contributed by atoms with Gasteiger partial charge in [-0.25, -0.2) is 4.98 Å². The van der Waals surface area contributed by atoms with Crippen molar-refractivity contribution in [1.82, 2.24) is 4.98 Å². The number of aromatic nitrogens is 1. The fourth-order valence-corrected chi connectivity index (χ4v) is 2.26. The predicted octanol–water partition coefficient (Wildman–Crippen LogP) is 2.28. The lowest BCUT2D eigenvalue weighted by molar-refractivity contribution is 0.102. The maximum atomic E-state index is 12.1. The Hall–Kier alpha value is -2.10. The van der Waals surface area contributed by atoms with Crippen LogP contribution < -0.4 is 5.32 Å². The van der Waals surface area contributed by atoms with E-state index < -0.39 is 0 Å². The van der Waals surface area contributed by atoms with Gasteiger partial charge >= 0.3 is 0 Å². The molecule has 2 heterocycles. The third kappa shape index (κ3) is 3.47. The summed E-state index contributed by atoms with van der Waals surface area (Å²) < 4.78 is 5.22. The number of aryl methyl sites for hydroxylation is 1. The summed E-state index contributed by atoms with van der Waals surface area (Å²) in [4.78, 5) is 16.9. The van der Waals surface area contributed by atoms with Crippen molar-refractivity contribution >= 4 is 22.4 Å². The molecule has 0 aliphatic carbocycles. The van der Waals surface area contributed by atoms with E-state index in [0.29, 0.717) is 29.3 Å². The Kier molecular flexibility index (Phi) is 4.93. The molecule has 0 saturated carbocycles. The molecule has 2 N–H and O–H groups in total. The Labute approximate surface area is 120 Å². The van der Waals surface area contributed by atoms with Gasteiger partial charge in [0.15, 0.2) is 5.13 Å². The molecule has 0 aliphatic rings. The maximum absolute atomic E-state index is 12.1. The lowest BCUT2D eigenvalue weighted by Crippen LogP contribution is -2.12. The Balaban J connectivity index is 2.04. The minimum Gasteiger partial charge on any atom is -0.469 e. The second kappa shape index (κ2) is 6.89. The Bertz CT molecular complexity index is 649. The molecule has 0 saturated heterocycles. The number of rotatable bonds is 4. The fraction of sp³-hybridized carbons (Fsp3) is 0.286. The lowest BCUT2D eigenvalue weighted by Gasteiger charge is -2.00. The minimum atomic E-state index is -0.236. The highest BCUT2D eigenvalue weighted by Crippen LogP contribution is 2.19. The standard InChI is InChI=1S/C14H14N2O3S/c1-2-12-11(6-8-19-12)13(18)16-14-15-9-10(20-14)5-3-4-7-17/h6,8-9,17H,2,4,7H2,1H3,(H,15,16,18). The topological polar surface area (TPSA) is 75.4 Å². The highest BCUT2D eigenvalue weighted by Gasteiger charge is 2.14. The molecule has 0 aromatic carbocycles. The molecule has 0 aliphatic heterocycles. The van der Waals surface area contributed by atoms with Crippen LogP contribution >= 0.6 is 11.3 Å². The molecule has 0 spiro atoms. The molecular weight excluding hydrogens is 276 g/mol. The van der Waals surface area contributed by atoms with Gasteiger partial charge < -0.3 is 9.52 Å². The van der Waals surface area contributed by atoms with Crippen LogP contribution in [0.5, 0.6) is 0 Å². The van der Waals surface area contributed by atoms with Crippen molar-refractivity contribution in [2.45, 2.75) is 19.8 Å². The van der Waals surface area contributed by atoms with Gasteiger partial charge in [-0.1, -0.05) is 30.1 Å². The van der Waals surface area contributed by atoms with E-state index in [1.54, 1.807) is 12.3 Å². The van der Waals surface area contributed by atoms with Crippen molar-refractivity contribution in [3.8, 4) is 11.8 Å². The molecule has 6 heteroatoms. The SMILES string of the molecule is CCc1occc1C(=O)Nc1ncc(C#CCCO)s1. The first kappa shape index (κ1) is 14.3. The van der Waals surface area contributed by atoms with Crippen LogP contribution in [0, 0.1) is 11.8 Å². The first-order valence-corrected chi connectivity index (χ1v) is 6.99. The predicted molar refractivity (Wildman–Crippen MR) is 76.7 cm³/mol. The highest BCUT2D eigenvalue weighted by molar-refractivity contribution is 7.16. The normalized spacial score (nSPS) is 9.90. The molecule has 0 unspecified atom stereocenters. The number of thiazole rings is 1. The summed E-state index contributed by atoms with van der Waals surface area (Å²) in [5.41, 5.74) is 0.524. The van der Waals surface area contributed by atoms with Crippen molar-refractivity contribution in [2.24, 2.45) is 0 Å². The molecule has 104 valence electrons. The van der Waals surface area contributed by atoms with E-state index in [-0.39, 0.29) is 12.5 Å². The second-order valence-corrected chi connectivity index (χ2v) is 4.90. The van der Waals surface area contributed by atoms with Gasteiger partial charge in [0.2, 0.25) is 0 Å². The van der Waals surface area contributed by atoms with Gasteiger partial charge in [-0.05, 0) is 6.07 Å². The summed E-state index contributed by atoms with van der Waals surface area (Å²) in [5.74, 6) is 6.10. The number of furan rings is 1. The molecule has 0 bridgehead atoms. The Morgan fingerprint density at radius 3 is 3.20 bits per heavy atom. The number of anilines is 1. The zero-order valence-corrected chi connectivity index (χ0v) is 11.8. The van der Waals surface area contributed by atoms with Gasteiger partial charge in [-0.2, -0.15) is 0 Å². The van der Waals surface area contributed by atoms with Gasteiger partial charge in [0.05, 0.1) is 29.5 Å². The van der Waals surface area contributed by atoms with E-state index in [2.05, 4.69) is 22.1 Å². The van der Waals surface area contributed by atoms with E-state index in [1.165, 1.54) is 17.6 Å². The average Bonchev–Trinajstić information content (AvgIpc) is 3.07. The number of carbonyl (C=O) groups is 1. The molecule has 5 nitrogen and oxygen atoms in total. The van der Waals surface area contributed by atoms with Crippen molar-refractivity contribution in [3.63, 3.8) is 0 Å². The van der Waals surface area contributed by atoms with Crippen LogP contribution in [-0.2, 0) is 6.42 Å². The molecule has 0 fully saturated rings. The third-order valence-electron chi connectivity index (χ3n) is 2.49. The summed E-state index contributed by atoms with van der Waals surface area (Å²) >= 11 is 1.29. The largest absolute Gasteiger partial charge is 0.469 e. The van der Waals surface area contributed by atoms with Crippen molar-refractivity contribution in [3.05, 3.63) is 34.7 Å². The molecule has 0 radical (unpaired) electrons. The van der Waals surface area contributed by atoms with Gasteiger partial charge in [0, 0.05) is 12.8 Å². The molecule has 2 rings (SSSR count). The zero-order valence-electron chi connectivity index (χ0n) is 11.0. The van der Waals surface area contributed by atoms with Crippen molar-refractivity contribution in [1.29, 1.82) is 0 Å². The Morgan fingerprint density at radius 2 is 2.45 bits per heavy atom. The molecule has 1 amide bonds. The average molecular weight is 290 g/mol. The highest BCUT2D eigenvalue weighted by atomic mass is 32.1. The second-order valence-electron chi connectivity index (χ2n) is 3.87. The van der Waals surface area contributed by atoms with Gasteiger partial charge in [-0.3, -0.25) is 10.1 Å². The number of hydrogen-bond donors (Lipinski definition) is 2. The van der Waals surface area contributed by atoms with Crippen LogP contribution in [0.2, 0.25) is 0 Å². The zero-order chi connectivity index (χ0) is 14.4. The number of nitrogens with zero attached hydrogens (tertiary/aromatic N) is 1. The summed E-state index contributed by atoms with van der Waals surface area (Å²) in [6, 6.07) is 1.64. The smallest absolute Gasteiger partial charge is 0.260 e. The van der Waals surface area contributed by atoms with E-state index in [9.17, 15) is 4.79 Å². The first-order chi connectivity index (χ1) is 9.74. The third-order valence-corrected chi connectivity index (χ3v) is 3.31. The summed E-state index contributed by atoms with van der Waals surface area (Å²) in [6.07, 6.45) is 4.18. The molecule has 20 heavy (non-hydrogen) atoms. The summed E-state index contributed by atoms with van der Waals surface area (Å²) in [6.45, 7) is 1.96. The number of aliphatic hydroxyl groups is 1. The molecule has 0 atom stereocenters. The van der Waals surface area contributed by atoms with Crippen LogP contribution in [0.15, 0.2) is 22.9 Å².